The normalized spacial score (nSPS) is 16.9. The van der Waals surface area contributed by atoms with E-state index in [1.165, 1.54) is 22.7 Å². The summed E-state index contributed by atoms with van der Waals surface area (Å²) in [6, 6.07) is 18.9. The summed E-state index contributed by atoms with van der Waals surface area (Å²) in [4.78, 5) is 28.4. The van der Waals surface area contributed by atoms with Crippen molar-refractivity contribution in [2.45, 2.75) is 56.2 Å². The molecular formula is C32H30FN3O3S2. The number of ketones is 1. The molecule has 210 valence electrons. The smallest absolute Gasteiger partial charge is 0.301 e. The number of aliphatic hydroxyl groups is 1. The van der Waals surface area contributed by atoms with E-state index in [1.807, 2.05) is 50.2 Å². The van der Waals surface area contributed by atoms with E-state index in [1.54, 1.807) is 24.3 Å². The average molecular weight is 588 g/mol. The number of thioether (sulfide) groups is 1. The molecule has 1 amide bonds. The Labute approximate surface area is 247 Å². The quantitative estimate of drug-likeness (QED) is 0.0827. The second-order valence-corrected chi connectivity index (χ2v) is 13.3. The van der Waals surface area contributed by atoms with Gasteiger partial charge in [-0.3, -0.25) is 14.5 Å². The van der Waals surface area contributed by atoms with Gasteiger partial charge < -0.3 is 5.11 Å². The van der Waals surface area contributed by atoms with Crippen LogP contribution in [0.15, 0.2) is 76.6 Å². The molecule has 1 atom stereocenters. The fraction of sp³-hybridized carbons (Fsp3) is 0.250. The number of rotatable bonds is 6. The van der Waals surface area contributed by atoms with Gasteiger partial charge in [-0.15, -0.1) is 10.2 Å². The fourth-order valence-electron chi connectivity index (χ4n) is 4.76. The molecule has 9 heteroatoms. The van der Waals surface area contributed by atoms with Gasteiger partial charge in [0.1, 0.15) is 11.6 Å². The molecule has 0 spiro atoms. The number of aryl methyl sites for hydroxylation is 2. The third-order valence-corrected chi connectivity index (χ3v) is 9.20. The first-order valence-corrected chi connectivity index (χ1v) is 14.9. The first-order valence-electron chi connectivity index (χ1n) is 13.1. The maximum atomic E-state index is 14.1. The molecule has 0 saturated carbocycles. The van der Waals surface area contributed by atoms with Crippen molar-refractivity contribution in [1.29, 1.82) is 0 Å². The van der Waals surface area contributed by atoms with Gasteiger partial charge in [-0.25, -0.2) is 4.39 Å². The van der Waals surface area contributed by atoms with Gasteiger partial charge in [0, 0.05) is 11.3 Å². The van der Waals surface area contributed by atoms with Crippen LogP contribution in [-0.2, 0) is 20.8 Å². The largest absolute Gasteiger partial charge is 0.507 e. The molecule has 3 aromatic carbocycles. The van der Waals surface area contributed by atoms with E-state index in [9.17, 15) is 19.1 Å². The van der Waals surface area contributed by atoms with E-state index in [0.29, 0.717) is 26.8 Å². The van der Waals surface area contributed by atoms with Crippen LogP contribution < -0.4 is 4.90 Å². The van der Waals surface area contributed by atoms with E-state index in [-0.39, 0.29) is 27.7 Å². The maximum absolute atomic E-state index is 14.1. The highest BCUT2D eigenvalue weighted by atomic mass is 32.2. The summed E-state index contributed by atoms with van der Waals surface area (Å²) in [6.45, 7) is 10.1. The predicted octanol–water partition coefficient (Wildman–Crippen LogP) is 7.51. The molecule has 6 nitrogen and oxygen atoms in total. The molecule has 0 bridgehead atoms. The monoisotopic (exact) mass is 587 g/mol. The number of nitrogens with zero attached hydrogens (tertiary/aromatic N) is 3. The van der Waals surface area contributed by atoms with E-state index in [2.05, 4.69) is 31.0 Å². The van der Waals surface area contributed by atoms with Crippen LogP contribution in [0.5, 0.6) is 0 Å². The molecule has 1 aliphatic rings. The Morgan fingerprint density at radius 2 is 1.73 bits per heavy atom. The Morgan fingerprint density at radius 1 is 1.02 bits per heavy atom. The van der Waals surface area contributed by atoms with Gasteiger partial charge in [-0.1, -0.05) is 104 Å². The molecule has 1 aliphatic heterocycles. The van der Waals surface area contributed by atoms with E-state index in [4.69, 9.17) is 0 Å². The second-order valence-electron chi connectivity index (χ2n) is 11.1. The number of hydrogen-bond donors (Lipinski definition) is 1. The summed E-state index contributed by atoms with van der Waals surface area (Å²) >= 11 is 2.45. The van der Waals surface area contributed by atoms with Crippen molar-refractivity contribution in [2.24, 2.45) is 0 Å². The second kappa shape index (κ2) is 11.2. The lowest BCUT2D eigenvalue weighted by Gasteiger charge is -2.24. The van der Waals surface area contributed by atoms with Crippen LogP contribution in [0.4, 0.5) is 9.52 Å². The topological polar surface area (TPSA) is 83.4 Å². The number of carbonyl (C=O) groups is 2. The molecule has 1 unspecified atom stereocenters. The minimum atomic E-state index is -0.902. The van der Waals surface area contributed by atoms with Gasteiger partial charge in [0.25, 0.3) is 5.78 Å². The van der Waals surface area contributed by atoms with Crippen molar-refractivity contribution in [3.63, 3.8) is 0 Å². The highest BCUT2D eigenvalue weighted by Gasteiger charge is 2.48. The summed E-state index contributed by atoms with van der Waals surface area (Å²) in [5.74, 6) is -1.77. The minimum Gasteiger partial charge on any atom is -0.507 e. The number of aromatic nitrogens is 2. The van der Waals surface area contributed by atoms with Crippen molar-refractivity contribution >= 4 is 45.7 Å². The molecule has 1 fully saturated rings. The van der Waals surface area contributed by atoms with Gasteiger partial charge in [-0.05, 0) is 53.6 Å². The van der Waals surface area contributed by atoms with Crippen LogP contribution in [0.3, 0.4) is 0 Å². The van der Waals surface area contributed by atoms with E-state index < -0.39 is 17.7 Å². The zero-order valence-electron chi connectivity index (χ0n) is 23.4. The number of amides is 1. The zero-order chi connectivity index (χ0) is 29.5. The molecule has 4 aromatic rings. The van der Waals surface area contributed by atoms with E-state index >= 15 is 0 Å². The summed E-state index contributed by atoms with van der Waals surface area (Å²) in [6.07, 6.45) is 0. The molecule has 1 N–H and O–H groups in total. The van der Waals surface area contributed by atoms with Gasteiger partial charge in [-0.2, -0.15) is 0 Å². The lowest BCUT2D eigenvalue weighted by atomic mass is 9.85. The van der Waals surface area contributed by atoms with Crippen LogP contribution in [-0.4, -0.2) is 27.0 Å². The molecule has 1 aromatic heterocycles. The third kappa shape index (κ3) is 5.69. The number of benzene rings is 3. The Bertz CT molecular complexity index is 1670. The molecule has 0 radical (unpaired) electrons. The first kappa shape index (κ1) is 28.7. The number of Topliss-reactive ketones (excluding diaryl/α,β-unsaturated/α-hetero) is 1. The summed E-state index contributed by atoms with van der Waals surface area (Å²) in [5.41, 5.74) is 4.39. The van der Waals surface area contributed by atoms with E-state index in [0.717, 1.165) is 28.0 Å². The Balaban J connectivity index is 1.59. The van der Waals surface area contributed by atoms with Gasteiger partial charge in [0.15, 0.2) is 4.34 Å². The molecular weight excluding hydrogens is 558 g/mol. The zero-order valence-corrected chi connectivity index (χ0v) is 25.1. The van der Waals surface area contributed by atoms with Gasteiger partial charge in [0.05, 0.1) is 11.6 Å². The highest BCUT2D eigenvalue weighted by molar-refractivity contribution is 8.00. The number of hydrogen-bond acceptors (Lipinski definition) is 7. The summed E-state index contributed by atoms with van der Waals surface area (Å²) in [5, 5.41) is 20.2. The number of halogens is 1. The molecule has 0 aliphatic carbocycles. The number of anilines is 1. The maximum Gasteiger partial charge on any atom is 0.301 e. The minimum absolute atomic E-state index is 0.00275. The fourth-order valence-corrected chi connectivity index (χ4v) is 6.61. The van der Waals surface area contributed by atoms with Crippen LogP contribution in [0, 0.1) is 19.7 Å². The lowest BCUT2D eigenvalue weighted by molar-refractivity contribution is -0.132. The Morgan fingerprint density at radius 3 is 2.41 bits per heavy atom. The summed E-state index contributed by atoms with van der Waals surface area (Å²) < 4.78 is 14.7. The average Bonchev–Trinajstić information content (AvgIpc) is 3.50. The van der Waals surface area contributed by atoms with Crippen molar-refractivity contribution in [1.82, 2.24) is 10.2 Å². The molecule has 1 saturated heterocycles. The molecule has 41 heavy (non-hydrogen) atoms. The predicted molar refractivity (Wildman–Crippen MR) is 162 cm³/mol. The Hall–Kier alpha value is -3.82. The van der Waals surface area contributed by atoms with Crippen LogP contribution in [0.25, 0.3) is 5.76 Å². The van der Waals surface area contributed by atoms with Gasteiger partial charge >= 0.3 is 5.91 Å². The van der Waals surface area contributed by atoms with Crippen LogP contribution in [0.2, 0.25) is 0 Å². The van der Waals surface area contributed by atoms with Gasteiger partial charge in [0.2, 0.25) is 5.13 Å². The first-order chi connectivity index (χ1) is 19.5. The number of aliphatic hydroxyl groups excluding tert-OH is 1. The lowest BCUT2D eigenvalue weighted by Crippen LogP contribution is -2.29. The SMILES string of the molecule is Cc1ccc(C)c(/C(O)=C2\C(=O)C(=O)N(c3nnc(SCc4ccccc4F)s3)C2c2ccc(C(C)(C)C)cc2)c1. The molecule has 2 heterocycles. The highest BCUT2D eigenvalue weighted by Crippen LogP contribution is 2.44. The Kier molecular flexibility index (Phi) is 7.85. The molecule has 5 rings (SSSR count). The van der Waals surface area contributed by atoms with Crippen molar-refractivity contribution in [2.75, 3.05) is 4.90 Å². The third-order valence-electron chi connectivity index (χ3n) is 7.10. The van der Waals surface area contributed by atoms with Crippen LogP contribution >= 0.6 is 23.1 Å². The van der Waals surface area contributed by atoms with Crippen molar-refractivity contribution in [3.05, 3.63) is 112 Å². The number of carbonyl (C=O) groups excluding carboxylic acids is 2. The summed E-state index contributed by atoms with van der Waals surface area (Å²) in [7, 11) is 0. The van der Waals surface area contributed by atoms with Crippen molar-refractivity contribution in [3.8, 4) is 0 Å². The standard InChI is InChI=1S/C32H30FN3O3S2/c1-18-10-11-19(2)23(16-18)27(37)25-26(20-12-14-22(15-13-20)32(3,4)5)36(29(39)28(25)38)30-34-35-31(41-30)40-17-21-8-6-7-9-24(21)33/h6-16,26,37H,17H2,1-5H3/b27-25+. The van der Waals surface area contributed by atoms with Crippen LogP contribution in [0.1, 0.15) is 60.2 Å². The van der Waals surface area contributed by atoms with Crippen molar-refractivity contribution < 1.29 is 19.1 Å².